The van der Waals surface area contributed by atoms with E-state index in [0.717, 1.165) is 0 Å². The van der Waals surface area contributed by atoms with Crippen LogP contribution in [0.25, 0.3) is 6.08 Å². The summed E-state index contributed by atoms with van der Waals surface area (Å²) in [6.45, 7) is 1.58. The highest BCUT2D eigenvalue weighted by atomic mass is 16.5. The molecule has 1 aliphatic rings. The summed E-state index contributed by atoms with van der Waals surface area (Å²) < 4.78 is 10.4. The number of carboxylic acid groups (broad SMARTS) is 1. The first-order valence-electron chi connectivity index (χ1n) is 7.65. The highest BCUT2D eigenvalue weighted by molar-refractivity contribution is 6.14. The quantitative estimate of drug-likeness (QED) is 0.862. The summed E-state index contributed by atoms with van der Waals surface area (Å²) in [5.74, 6) is -0.706. The molecule has 3 rings (SSSR count). The molecule has 1 aliphatic carbocycles. The second-order valence-electron chi connectivity index (χ2n) is 5.73. The highest BCUT2D eigenvalue weighted by Crippen LogP contribution is 2.33. The summed E-state index contributed by atoms with van der Waals surface area (Å²) >= 11 is 0. The van der Waals surface area contributed by atoms with Gasteiger partial charge in [-0.25, -0.2) is 4.79 Å². The fraction of sp³-hybridized carbons (Fsp3) is 0.211. The first-order chi connectivity index (χ1) is 12.0. The molecule has 0 saturated carbocycles. The van der Waals surface area contributed by atoms with E-state index in [1.165, 1.54) is 7.11 Å². The van der Waals surface area contributed by atoms with E-state index in [1.54, 1.807) is 31.2 Å². The van der Waals surface area contributed by atoms with Gasteiger partial charge in [-0.2, -0.15) is 5.26 Å². The van der Waals surface area contributed by atoms with Gasteiger partial charge in [0.1, 0.15) is 17.6 Å². The van der Waals surface area contributed by atoms with Crippen molar-refractivity contribution in [1.29, 1.82) is 5.26 Å². The molecule has 0 fully saturated rings. The molecule has 0 unspecified atom stereocenters. The second kappa shape index (κ2) is 6.29. The fourth-order valence-corrected chi connectivity index (χ4v) is 3.01. The monoisotopic (exact) mass is 337 g/mol. The van der Waals surface area contributed by atoms with Crippen LogP contribution in [-0.2, 0) is 6.42 Å². The van der Waals surface area contributed by atoms with Crippen LogP contribution in [0.5, 0.6) is 5.75 Å². The number of allylic oxidation sites excluding steroid dienone is 1. The molecule has 0 bridgehead atoms. The molecule has 0 aliphatic heterocycles. The van der Waals surface area contributed by atoms with Crippen molar-refractivity contribution in [2.24, 2.45) is 0 Å². The van der Waals surface area contributed by atoms with Crippen LogP contribution in [0.3, 0.4) is 0 Å². The van der Waals surface area contributed by atoms with Gasteiger partial charge in [-0.3, -0.25) is 4.79 Å². The molecule has 1 aromatic carbocycles. The fourth-order valence-electron chi connectivity index (χ4n) is 3.01. The maximum Gasteiger partial charge on any atom is 0.372 e. The van der Waals surface area contributed by atoms with Crippen LogP contribution in [0.4, 0.5) is 0 Å². The number of ether oxygens (including phenoxy) is 1. The molecule has 6 nitrogen and oxygen atoms in total. The smallest absolute Gasteiger partial charge is 0.372 e. The summed E-state index contributed by atoms with van der Waals surface area (Å²) in [5, 5.41) is 18.3. The van der Waals surface area contributed by atoms with Crippen LogP contribution in [0, 0.1) is 18.3 Å². The minimum Gasteiger partial charge on any atom is -0.495 e. The number of benzene rings is 1. The van der Waals surface area contributed by atoms with E-state index in [9.17, 15) is 9.59 Å². The molecule has 25 heavy (non-hydrogen) atoms. The Kier molecular flexibility index (Phi) is 4.15. The Morgan fingerprint density at radius 1 is 1.40 bits per heavy atom. The Morgan fingerprint density at radius 3 is 2.80 bits per heavy atom. The topological polar surface area (TPSA) is 101 Å². The Balaban J connectivity index is 2.01. The first-order valence-corrected chi connectivity index (χ1v) is 7.65. The summed E-state index contributed by atoms with van der Waals surface area (Å²) in [5.41, 5.74) is 2.34. The highest BCUT2D eigenvalue weighted by Gasteiger charge is 2.31. The van der Waals surface area contributed by atoms with Gasteiger partial charge in [0, 0.05) is 17.6 Å². The number of carboxylic acids is 1. The maximum atomic E-state index is 12.7. The van der Waals surface area contributed by atoms with Gasteiger partial charge in [-0.1, -0.05) is 6.07 Å². The van der Waals surface area contributed by atoms with Crippen LogP contribution < -0.4 is 4.74 Å². The SMILES string of the molecule is COc1ccc(/C=C2/CCc3oc(C(=O)O)c(C)c3C2=O)cc1C#N. The molecule has 1 N–H and O–H groups in total. The molecule has 6 heteroatoms. The zero-order valence-corrected chi connectivity index (χ0v) is 13.8. The van der Waals surface area contributed by atoms with Crippen LogP contribution in [0.15, 0.2) is 28.2 Å². The summed E-state index contributed by atoms with van der Waals surface area (Å²) in [6.07, 6.45) is 2.63. The molecule has 0 spiro atoms. The van der Waals surface area contributed by atoms with Gasteiger partial charge in [-0.05, 0) is 37.1 Å². The molecule has 0 saturated heterocycles. The standard InChI is InChI=1S/C19H15NO5/c1-10-16-15(25-18(10)19(22)23)6-4-12(17(16)21)7-11-3-5-14(24-2)13(8-11)9-20/h3,5,7-8H,4,6H2,1-2H3,(H,22,23)/b12-7-. The number of hydrogen-bond donors (Lipinski definition) is 1. The predicted octanol–water partition coefficient (Wildman–Crippen LogP) is 3.38. The minimum absolute atomic E-state index is 0.184. The van der Waals surface area contributed by atoms with E-state index in [0.29, 0.717) is 52.2 Å². The van der Waals surface area contributed by atoms with Gasteiger partial charge in [0.2, 0.25) is 5.76 Å². The van der Waals surface area contributed by atoms with Crippen molar-refractivity contribution < 1.29 is 23.8 Å². The second-order valence-corrected chi connectivity index (χ2v) is 5.73. The molecule has 126 valence electrons. The number of furan rings is 1. The Labute approximate surface area is 143 Å². The molecule has 0 radical (unpaired) electrons. The van der Waals surface area contributed by atoms with E-state index in [2.05, 4.69) is 6.07 Å². The number of carbonyl (C=O) groups excluding carboxylic acids is 1. The van der Waals surface area contributed by atoms with Crippen LogP contribution in [-0.4, -0.2) is 24.0 Å². The molecule has 0 amide bonds. The Morgan fingerprint density at radius 2 is 2.16 bits per heavy atom. The maximum absolute atomic E-state index is 12.7. The van der Waals surface area contributed by atoms with Crippen molar-refractivity contribution in [3.8, 4) is 11.8 Å². The number of nitriles is 1. The van der Waals surface area contributed by atoms with Crippen LogP contribution in [0.1, 0.15) is 49.8 Å². The number of Topliss-reactive ketones (excluding diaryl/α,β-unsaturated/α-hetero) is 1. The first kappa shape index (κ1) is 16.5. The summed E-state index contributed by atoms with van der Waals surface area (Å²) in [6, 6.07) is 7.15. The van der Waals surface area contributed by atoms with Crippen molar-refractivity contribution in [3.63, 3.8) is 0 Å². The van der Waals surface area contributed by atoms with Crippen molar-refractivity contribution in [1.82, 2.24) is 0 Å². The van der Waals surface area contributed by atoms with Crippen molar-refractivity contribution in [2.45, 2.75) is 19.8 Å². The Bertz CT molecular complexity index is 959. The predicted molar refractivity (Wildman–Crippen MR) is 88.7 cm³/mol. The lowest BCUT2D eigenvalue weighted by molar-refractivity contribution is 0.0659. The van der Waals surface area contributed by atoms with Gasteiger partial charge in [-0.15, -0.1) is 0 Å². The normalized spacial score (nSPS) is 14.9. The lowest BCUT2D eigenvalue weighted by atomic mass is 9.88. The van der Waals surface area contributed by atoms with Gasteiger partial charge in [0.25, 0.3) is 0 Å². The van der Waals surface area contributed by atoms with Gasteiger partial charge < -0.3 is 14.3 Å². The molecular weight excluding hydrogens is 322 g/mol. The van der Waals surface area contributed by atoms with Crippen LogP contribution >= 0.6 is 0 Å². The van der Waals surface area contributed by atoms with Crippen molar-refractivity contribution in [2.75, 3.05) is 7.11 Å². The van der Waals surface area contributed by atoms with E-state index < -0.39 is 5.97 Å². The number of ketones is 1. The van der Waals surface area contributed by atoms with Gasteiger partial charge in [0.15, 0.2) is 5.78 Å². The average molecular weight is 337 g/mol. The third-order valence-corrected chi connectivity index (χ3v) is 4.24. The number of aryl methyl sites for hydroxylation is 1. The molecular formula is C19H15NO5. The number of hydrogen-bond acceptors (Lipinski definition) is 5. The number of carbonyl (C=O) groups is 2. The number of fused-ring (bicyclic) bond motifs is 1. The van der Waals surface area contributed by atoms with Crippen molar-refractivity contribution >= 4 is 17.8 Å². The average Bonchev–Trinajstić information content (AvgIpc) is 2.95. The lowest BCUT2D eigenvalue weighted by Crippen LogP contribution is -2.13. The third kappa shape index (κ3) is 2.81. The van der Waals surface area contributed by atoms with E-state index >= 15 is 0 Å². The van der Waals surface area contributed by atoms with E-state index in [4.69, 9.17) is 19.5 Å². The Hall–Kier alpha value is -3.33. The van der Waals surface area contributed by atoms with Crippen molar-refractivity contribution in [3.05, 3.63) is 57.5 Å². The van der Waals surface area contributed by atoms with E-state index in [1.807, 2.05) is 0 Å². The summed E-state index contributed by atoms with van der Waals surface area (Å²) in [4.78, 5) is 23.9. The third-order valence-electron chi connectivity index (χ3n) is 4.24. The molecule has 0 atom stereocenters. The molecule has 2 aromatic rings. The zero-order chi connectivity index (χ0) is 18.1. The number of nitrogens with zero attached hydrogens (tertiary/aromatic N) is 1. The number of aromatic carboxylic acids is 1. The lowest BCUT2D eigenvalue weighted by Gasteiger charge is -2.13. The summed E-state index contributed by atoms with van der Waals surface area (Å²) in [7, 11) is 1.49. The number of methoxy groups -OCH3 is 1. The number of rotatable bonds is 3. The molecule has 1 heterocycles. The molecule has 1 aromatic heterocycles. The van der Waals surface area contributed by atoms with Gasteiger partial charge in [0.05, 0.1) is 18.2 Å². The van der Waals surface area contributed by atoms with Crippen LogP contribution in [0.2, 0.25) is 0 Å². The largest absolute Gasteiger partial charge is 0.495 e. The van der Waals surface area contributed by atoms with E-state index in [-0.39, 0.29) is 11.5 Å². The zero-order valence-electron chi connectivity index (χ0n) is 13.8. The van der Waals surface area contributed by atoms with Gasteiger partial charge >= 0.3 is 5.97 Å². The minimum atomic E-state index is -1.18.